The lowest BCUT2D eigenvalue weighted by atomic mass is 10.1. The monoisotopic (exact) mass is 260 g/mol. The minimum absolute atomic E-state index is 0.160. The molecule has 1 aliphatic heterocycles. The van der Waals surface area contributed by atoms with Gasteiger partial charge in [-0.15, -0.1) is 11.8 Å². The Labute approximate surface area is 112 Å². The molecule has 4 heteroatoms. The molecule has 0 spiro atoms. The summed E-state index contributed by atoms with van der Waals surface area (Å²) in [5.41, 5.74) is 1.71. The number of benzene rings is 1. The summed E-state index contributed by atoms with van der Waals surface area (Å²) in [5, 5.41) is 14.1. The Hall–Kier alpha value is -1.47. The summed E-state index contributed by atoms with van der Waals surface area (Å²) < 4.78 is 0. The second-order valence-electron chi connectivity index (χ2n) is 4.88. The normalized spacial score (nSPS) is 16.8. The van der Waals surface area contributed by atoms with E-state index in [1.54, 1.807) is 11.8 Å². The fourth-order valence-electron chi connectivity index (χ4n) is 1.81. The Bertz CT molecular complexity index is 503. The summed E-state index contributed by atoms with van der Waals surface area (Å²) in [4.78, 5) is 5.32. The third-order valence-electron chi connectivity index (χ3n) is 2.75. The molecular formula is C14H16N2OS. The van der Waals surface area contributed by atoms with E-state index in [2.05, 4.69) is 11.2 Å². The van der Waals surface area contributed by atoms with E-state index in [9.17, 15) is 0 Å². The van der Waals surface area contributed by atoms with Crippen LogP contribution in [0.3, 0.4) is 0 Å². The highest BCUT2D eigenvalue weighted by atomic mass is 32.2. The van der Waals surface area contributed by atoms with Crippen molar-refractivity contribution in [3.8, 4) is 6.07 Å². The first kappa shape index (κ1) is 13.0. The zero-order valence-corrected chi connectivity index (χ0v) is 11.5. The highest BCUT2D eigenvalue weighted by Gasteiger charge is 2.28. The molecule has 0 unspecified atom stereocenters. The van der Waals surface area contributed by atoms with Gasteiger partial charge in [0.15, 0.2) is 0 Å². The summed E-state index contributed by atoms with van der Waals surface area (Å²) in [5.74, 6) is 0.928. The van der Waals surface area contributed by atoms with Crippen LogP contribution in [0.1, 0.15) is 31.4 Å². The maximum atomic E-state index is 9.00. The average molecular weight is 260 g/mol. The first-order valence-electron chi connectivity index (χ1n) is 5.96. The second kappa shape index (κ2) is 5.45. The number of aryl methyl sites for hydroxylation is 1. The summed E-state index contributed by atoms with van der Waals surface area (Å²) >= 11 is 1.72. The molecule has 18 heavy (non-hydrogen) atoms. The van der Waals surface area contributed by atoms with Gasteiger partial charge >= 0.3 is 0 Å². The molecular weight excluding hydrogens is 244 g/mol. The summed E-state index contributed by atoms with van der Waals surface area (Å²) in [7, 11) is 0. The molecule has 0 fully saturated rings. The van der Waals surface area contributed by atoms with Crippen LogP contribution < -0.4 is 0 Å². The van der Waals surface area contributed by atoms with Crippen molar-refractivity contribution < 1.29 is 4.84 Å². The first-order valence-corrected chi connectivity index (χ1v) is 6.95. The zero-order valence-electron chi connectivity index (χ0n) is 10.6. The molecule has 0 aliphatic carbocycles. The summed E-state index contributed by atoms with van der Waals surface area (Å²) in [6, 6.07) is 9.96. The van der Waals surface area contributed by atoms with Gasteiger partial charge in [0.25, 0.3) is 0 Å². The molecule has 0 radical (unpaired) electrons. The minimum atomic E-state index is -0.160. The van der Waals surface area contributed by atoms with Crippen molar-refractivity contribution in [2.45, 2.75) is 32.3 Å². The maximum Gasteiger partial charge on any atom is 0.138 e. The molecule has 0 saturated heterocycles. The minimum Gasteiger partial charge on any atom is -0.389 e. The van der Waals surface area contributed by atoms with Gasteiger partial charge in [0.1, 0.15) is 10.6 Å². The van der Waals surface area contributed by atoms with Crippen molar-refractivity contribution in [1.29, 1.82) is 5.26 Å². The van der Waals surface area contributed by atoms with Crippen molar-refractivity contribution in [2.24, 2.45) is 5.16 Å². The van der Waals surface area contributed by atoms with Crippen LogP contribution in [0.2, 0.25) is 0 Å². The van der Waals surface area contributed by atoms with Crippen LogP contribution in [-0.2, 0) is 11.3 Å². The number of thioether (sulfide) groups is 1. The lowest BCUT2D eigenvalue weighted by Gasteiger charge is -2.13. The van der Waals surface area contributed by atoms with E-state index in [-0.39, 0.29) is 5.60 Å². The van der Waals surface area contributed by atoms with E-state index in [0.29, 0.717) is 0 Å². The average Bonchev–Trinajstić information content (AvgIpc) is 2.69. The lowest BCUT2D eigenvalue weighted by Crippen LogP contribution is -2.18. The highest BCUT2D eigenvalue weighted by molar-refractivity contribution is 8.13. The predicted molar refractivity (Wildman–Crippen MR) is 74.5 cm³/mol. The van der Waals surface area contributed by atoms with E-state index >= 15 is 0 Å². The Morgan fingerprint density at radius 1 is 1.44 bits per heavy atom. The number of hydrogen-bond acceptors (Lipinski definition) is 4. The van der Waals surface area contributed by atoms with E-state index in [1.165, 1.54) is 0 Å². The van der Waals surface area contributed by atoms with Crippen LogP contribution in [0.15, 0.2) is 29.4 Å². The quantitative estimate of drug-likeness (QED) is 0.837. The Kier molecular flexibility index (Phi) is 3.93. The van der Waals surface area contributed by atoms with Crippen molar-refractivity contribution in [3.05, 3.63) is 35.4 Å². The van der Waals surface area contributed by atoms with Gasteiger partial charge in [-0.25, -0.2) is 0 Å². The first-order chi connectivity index (χ1) is 8.61. The number of nitriles is 1. The molecule has 0 amide bonds. The molecule has 1 aromatic rings. The Balaban J connectivity index is 1.85. The Morgan fingerprint density at radius 3 is 2.89 bits per heavy atom. The number of oxime groups is 1. The van der Waals surface area contributed by atoms with Gasteiger partial charge < -0.3 is 4.84 Å². The van der Waals surface area contributed by atoms with Crippen LogP contribution in [-0.4, -0.2) is 16.4 Å². The van der Waals surface area contributed by atoms with E-state index in [4.69, 9.17) is 10.1 Å². The van der Waals surface area contributed by atoms with Crippen molar-refractivity contribution in [1.82, 2.24) is 0 Å². The number of nitrogens with zero attached hydrogens (tertiary/aromatic N) is 2. The molecule has 0 bridgehead atoms. The van der Waals surface area contributed by atoms with Gasteiger partial charge in [0.05, 0.1) is 11.6 Å². The van der Waals surface area contributed by atoms with Crippen LogP contribution in [0.25, 0.3) is 0 Å². The molecule has 1 heterocycles. The third kappa shape index (κ3) is 3.27. The summed E-state index contributed by atoms with van der Waals surface area (Å²) in [6.45, 7) is 4.07. The molecule has 2 rings (SSSR count). The maximum absolute atomic E-state index is 9.00. The third-order valence-corrected chi connectivity index (χ3v) is 3.71. The molecule has 0 aromatic heterocycles. The topological polar surface area (TPSA) is 45.4 Å². The number of hydrogen-bond donors (Lipinski definition) is 0. The van der Waals surface area contributed by atoms with Gasteiger partial charge in [-0.05, 0) is 31.9 Å². The molecule has 1 aliphatic rings. The fraction of sp³-hybridized carbons (Fsp3) is 0.429. The van der Waals surface area contributed by atoms with Crippen LogP contribution in [0, 0.1) is 11.3 Å². The SMILES string of the molecule is CC1(C)CC(SCCc2ccccc2C#N)=NO1. The number of rotatable bonds is 3. The standard InChI is InChI=1S/C14H16N2OS/c1-14(2)9-13(16-17-14)18-8-7-11-5-3-4-6-12(11)10-15/h3-6H,7-9H2,1-2H3. The largest absolute Gasteiger partial charge is 0.389 e. The van der Waals surface area contributed by atoms with Gasteiger partial charge in [0.2, 0.25) is 0 Å². The fourth-order valence-corrected chi connectivity index (χ4v) is 2.90. The van der Waals surface area contributed by atoms with Gasteiger partial charge in [-0.1, -0.05) is 23.4 Å². The molecule has 0 atom stereocenters. The van der Waals surface area contributed by atoms with Gasteiger partial charge in [-0.3, -0.25) is 0 Å². The second-order valence-corrected chi connectivity index (χ2v) is 6.05. The Morgan fingerprint density at radius 2 is 2.22 bits per heavy atom. The molecule has 0 saturated carbocycles. The molecule has 3 nitrogen and oxygen atoms in total. The molecule has 1 aromatic carbocycles. The van der Waals surface area contributed by atoms with E-state index in [1.807, 2.05) is 38.1 Å². The van der Waals surface area contributed by atoms with Crippen molar-refractivity contribution in [2.75, 3.05) is 5.75 Å². The molecule has 94 valence electrons. The van der Waals surface area contributed by atoms with E-state index < -0.39 is 0 Å². The van der Waals surface area contributed by atoms with Crippen molar-refractivity contribution >= 4 is 16.8 Å². The smallest absolute Gasteiger partial charge is 0.138 e. The van der Waals surface area contributed by atoms with Crippen LogP contribution in [0.4, 0.5) is 0 Å². The van der Waals surface area contributed by atoms with Gasteiger partial charge in [0, 0.05) is 12.2 Å². The zero-order chi connectivity index (χ0) is 13.0. The predicted octanol–water partition coefficient (Wildman–Crippen LogP) is 3.35. The van der Waals surface area contributed by atoms with Gasteiger partial charge in [-0.2, -0.15) is 5.26 Å². The van der Waals surface area contributed by atoms with Crippen molar-refractivity contribution in [3.63, 3.8) is 0 Å². The summed E-state index contributed by atoms with van der Waals surface area (Å²) in [6.07, 6.45) is 1.76. The van der Waals surface area contributed by atoms with E-state index in [0.717, 1.165) is 34.8 Å². The highest BCUT2D eigenvalue weighted by Crippen LogP contribution is 2.27. The lowest BCUT2D eigenvalue weighted by molar-refractivity contribution is 0.0123. The van der Waals surface area contributed by atoms with Crippen LogP contribution >= 0.6 is 11.8 Å². The molecule has 0 N–H and O–H groups in total. The van der Waals surface area contributed by atoms with Crippen LogP contribution in [0.5, 0.6) is 0 Å².